The van der Waals surface area contributed by atoms with Crippen LogP contribution in [0.15, 0.2) is 0 Å². The summed E-state index contributed by atoms with van der Waals surface area (Å²) >= 11 is 4.66. The minimum Gasteiger partial charge on any atom is -0.175 e. The summed E-state index contributed by atoms with van der Waals surface area (Å²) in [5.41, 5.74) is 0.579. The van der Waals surface area contributed by atoms with E-state index in [0.29, 0.717) is 5.41 Å². The molecule has 3 unspecified atom stereocenters. The third kappa shape index (κ3) is 1.21. The van der Waals surface area contributed by atoms with Crippen LogP contribution in [0.5, 0.6) is 0 Å². The molecule has 0 amide bonds. The fraction of sp³-hybridized carbons (Fsp3) is 1.00. The van der Waals surface area contributed by atoms with Crippen LogP contribution in [0, 0.1) is 23.2 Å². The third-order valence-corrected chi connectivity index (χ3v) is 4.73. The highest BCUT2D eigenvalue weighted by atomic mass is 32.1. The van der Waals surface area contributed by atoms with Gasteiger partial charge < -0.3 is 0 Å². The van der Waals surface area contributed by atoms with E-state index in [2.05, 4.69) is 33.4 Å². The lowest BCUT2D eigenvalue weighted by atomic mass is 9.71. The van der Waals surface area contributed by atoms with Crippen molar-refractivity contribution in [3.63, 3.8) is 0 Å². The molecule has 12 heavy (non-hydrogen) atoms. The predicted octanol–water partition coefficient (Wildman–Crippen LogP) is 3.38. The van der Waals surface area contributed by atoms with Gasteiger partial charge in [-0.05, 0) is 36.0 Å². The van der Waals surface area contributed by atoms with Gasteiger partial charge in [0, 0.05) is 5.25 Å². The Hall–Kier alpha value is 0.350. The quantitative estimate of drug-likeness (QED) is 0.593. The Balaban J connectivity index is 2.08. The zero-order valence-corrected chi connectivity index (χ0v) is 9.27. The van der Waals surface area contributed by atoms with Crippen molar-refractivity contribution in [2.45, 2.75) is 45.3 Å². The fourth-order valence-corrected chi connectivity index (χ4v) is 4.18. The summed E-state index contributed by atoms with van der Waals surface area (Å²) in [5, 5.41) is 0.733. The summed E-state index contributed by atoms with van der Waals surface area (Å²) in [6.07, 6.45) is 4.26. The summed E-state index contributed by atoms with van der Waals surface area (Å²) in [7, 11) is 0. The molecular weight excluding hydrogens is 164 g/mol. The highest BCUT2D eigenvalue weighted by molar-refractivity contribution is 7.81. The number of rotatable bonds is 1. The van der Waals surface area contributed by atoms with E-state index >= 15 is 0 Å². The Bertz CT molecular complexity index is 185. The van der Waals surface area contributed by atoms with Crippen molar-refractivity contribution in [2.24, 2.45) is 23.2 Å². The zero-order valence-electron chi connectivity index (χ0n) is 8.38. The summed E-state index contributed by atoms with van der Waals surface area (Å²) in [6, 6.07) is 0. The number of hydrogen-bond acceptors (Lipinski definition) is 1. The van der Waals surface area contributed by atoms with Crippen LogP contribution in [0.3, 0.4) is 0 Å². The van der Waals surface area contributed by atoms with Crippen LogP contribution in [-0.2, 0) is 0 Å². The van der Waals surface area contributed by atoms with Crippen molar-refractivity contribution in [1.82, 2.24) is 0 Å². The van der Waals surface area contributed by atoms with E-state index in [1.54, 1.807) is 0 Å². The van der Waals surface area contributed by atoms with Crippen molar-refractivity contribution in [1.29, 1.82) is 0 Å². The van der Waals surface area contributed by atoms with Gasteiger partial charge >= 0.3 is 0 Å². The first-order valence-corrected chi connectivity index (χ1v) is 5.76. The second kappa shape index (κ2) is 2.67. The largest absolute Gasteiger partial charge is 0.175 e. The minimum atomic E-state index is 0.579. The SMILES string of the molecule is CCC1CC2C(S)[C@H]2C(C)(C)C1. The maximum atomic E-state index is 4.66. The van der Waals surface area contributed by atoms with Crippen LogP contribution >= 0.6 is 12.6 Å². The molecule has 0 aromatic rings. The molecule has 1 heteroatoms. The fourth-order valence-electron chi connectivity index (χ4n) is 3.34. The van der Waals surface area contributed by atoms with Gasteiger partial charge in [-0.1, -0.05) is 27.2 Å². The molecule has 0 nitrogen and oxygen atoms in total. The van der Waals surface area contributed by atoms with Gasteiger partial charge in [-0.3, -0.25) is 0 Å². The molecule has 2 aliphatic rings. The second-order valence-electron chi connectivity index (χ2n) is 5.38. The molecule has 70 valence electrons. The smallest absolute Gasteiger partial charge is 0.00848 e. The summed E-state index contributed by atoms with van der Waals surface area (Å²) in [6.45, 7) is 7.20. The number of fused-ring (bicyclic) bond motifs is 1. The van der Waals surface area contributed by atoms with Crippen LogP contribution in [0.1, 0.15) is 40.0 Å². The maximum absolute atomic E-state index is 4.66. The van der Waals surface area contributed by atoms with Gasteiger partial charge in [0.25, 0.3) is 0 Å². The van der Waals surface area contributed by atoms with Crippen LogP contribution in [0.25, 0.3) is 0 Å². The van der Waals surface area contributed by atoms with Gasteiger partial charge in [0.05, 0.1) is 0 Å². The van der Waals surface area contributed by atoms with Gasteiger partial charge in [0.2, 0.25) is 0 Å². The van der Waals surface area contributed by atoms with Gasteiger partial charge in [-0.25, -0.2) is 0 Å². The molecule has 0 saturated heterocycles. The molecule has 2 fully saturated rings. The van der Waals surface area contributed by atoms with E-state index < -0.39 is 0 Å². The number of thiol groups is 1. The molecule has 0 radical (unpaired) electrons. The topological polar surface area (TPSA) is 0 Å². The summed E-state index contributed by atoms with van der Waals surface area (Å²) in [4.78, 5) is 0. The van der Waals surface area contributed by atoms with Gasteiger partial charge in [-0.2, -0.15) is 12.6 Å². The first-order chi connectivity index (χ1) is 5.56. The molecule has 4 atom stereocenters. The maximum Gasteiger partial charge on any atom is 0.00848 e. The van der Waals surface area contributed by atoms with Gasteiger partial charge in [0.15, 0.2) is 0 Å². The molecule has 0 aliphatic heterocycles. The lowest BCUT2D eigenvalue weighted by Crippen LogP contribution is -2.25. The minimum absolute atomic E-state index is 0.579. The standard InChI is InChI=1S/C11H20S/c1-4-7-5-8-9(10(8)12)11(2,3)6-7/h7-10,12H,4-6H2,1-3H3/t7?,8?,9-,10?/m0/s1. The predicted molar refractivity (Wildman–Crippen MR) is 56.6 cm³/mol. The van der Waals surface area contributed by atoms with E-state index in [9.17, 15) is 0 Å². The van der Waals surface area contributed by atoms with E-state index in [-0.39, 0.29) is 0 Å². The first-order valence-electron chi connectivity index (χ1n) is 5.24. The lowest BCUT2D eigenvalue weighted by Gasteiger charge is -2.34. The Morgan fingerprint density at radius 2 is 2.08 bits per heavy atom. The van der Waals surface area contributed by atoms with Gasteiger partial charge in [-0.15, -0.1) is 0 Å². The summed E-state index contributed by atoms with van der Waals surface area (Å²) in [5.74, 6) is 2.88. The van der Waals surface area contributed by atoms with Crippen LogP contribution in [-0.4, -0.2) is 5.25 Å². The molecule has 0 bridgehead atoms. The Morgan fingerprint density at radius 3 is 2.58 bits per heavy atom. The van der Waals surface area contributed by atoms with Crippen molar-refractivity contribution < 1.29 is 0 Å². The highest BCUT2D eigenvalue weighted by Crippen LogP contribution is 2.63. The van der Waals surface area contributed by atoms with Crippen LogP contribution < -0.4 is 0 Å². The Labute approximate surface area is 81.5 Å². The molecule has 0 heterocycles. The molecule has 0 spiro atoms. The molecule has 2 aliphatic carbocycles. The first kappa shape index (κ1) is 8.93. The normalized spacial score (nSPS) is 50.0. The average molecular weight is 184 g/mol. The second-order valence-corrected chi connectivity index (χ2v) is 5.98. The third-order valence-electron chi connectivity index (χ3n) is 4.03. The summed E-state index contributed by atoms with van der Waals surface area (Å²) < 4.78 is 0. The molecular formula is C11H20S. The molecule has 2 rings (SSSR count). The number of hydrogen-bond donors (Lipinski definition) is 1. The van der Waals surface area contributed by atoms with E-state index in [1.165, 1.54) is 19.3 Å². The highest BCUT2D eigenvalue weighted by Gasteiger charge is 2.58. The van der Waals surface area contributed by atoms with E-state index in [4.69, 9.17) is 0 Å². The molecule has 2 saturated carbocycles. The van der Waals surface area contributed by atoms with Crippen molar-refractivity contribution in [3.8, 4) is 0 Å². The van der Waals surface area contributed by atoms with Crippen LogP contribution in [0.2, 0.25) is 0 Å². The molecule has 0 aromatic carbocycles. The zero-order chi connectivity index (χ0) is 8.93. The lowest BCUT2D eigenvalue weighted by molar-refractivity contribution is 0.160. The average Bonchev–Trinajstić information content (AvgIpc) is 2.61. The van der Waals surface area contributed by atoms with E-state index in [1.807, 2.05) is 0 Å². The molecule has 0 N–H and O–H groups in total. The van der Waals surface area contributed by atoms with E-state index in [0.717, 1.165) is 23.0 Å². The monoisotopic (exact) mass is 184 g/mol. The molecule has 0 aromatic heterocycles. The van der Waals surface area contributed by atoms with Crippen molar-refractivity contribution in [3.05, 3.63) is 0 Å². The van der Waals surface area contributed by atoms with Crippen molar-refractivity contribution >= 4 is 12.6 Å². The van der Waals surface area contributed by atoms with Gasteiger partial charge in [0.1, 0.15) is 0 Å². The Morgan fingerprint density at radius 1 is 1.42 bits per heavy atom. The van der Waals surface area contributed by atoms with Crippen molar-refractivity contribution in [2.75, 3.05) is 0 Å². The Kier molecular flexibility index (Phi) is 1.98. The van der Waals surface area contributed by atoms with Crippen LogP contribution in [0.4, 0.5) is 0 Å².